The SMILES string of the molecule is CC1Oc2ccccc2N(CC(=O)N2C[C@@H](N)[C@H](c3ccccc3)C2)C1=O.Cl. The first-order valence-electron chi connectivity index (χ1n) is 9.20. The topological polar surface area (TPSA) is 75.9 Å². The summed E-state index contributed by atoms with van der Waals surface area (Å²) in [6, 6.07) is 17.2. The number of amides is 2. The summed E-state index contributed by atoms with van der Waals surface area (Å²) in [4.78, 5) is 28.8. The Morgan fingerprint density at radius 1 is 1.11 bits per heavy atom. The highest BCUT2D eigenvalue weighted by Gasteiger charge is 2.37. The van der Waals surface area contributed by atoms with Gasteiger partial charge in [0, 0.05) is 25.0 Å². The number of carbonyl (C=O) groups excluding carboxylic acids is 2. The molecule has 1 fully saturated rings. The van der Waals surface area contributed by atoms with E-state index < -0.39 is 6.10 Å². The highest BCUT2D eigenvalue weighted by atomic mass is 35.5. The lowest BCUT2D eigenvalue weighted by molar-refractivity contribution is -0.132. The van der Waals surface area contributed by atoms with E-state index in [0.717, 1.165) is 5.56 Å². The number of benzene rings is 2. The maximum absolute atomic E-state index is 12.9. The summed E-state index contributed by atoms with van der Waals surface area (Å²) in [6.07, 6.45) is -0.606. The van der Waals surface area contributed by atoms with Crippen LogP contribution in [0.5, 0.6) is 5.75 Å². The Kier molecular flexibility index (Phi) is 5.91. The highest BCUT2D eigenvalue weighted by Crippen LogP contribution is 2.34. The zero-order chi connectivity index (χ0) is 19.0. The third kappa shape index (κ3) is 3.70. The van der Waals surface area contributed by atoms with Crippen LogP contribution in [0.3, 0.4) is 0 Å². The molecule has 2 N–H and O–H groups in total. The second-order valence-electron chi connectivity index (χ2n) is 7.13. The van der Waals surface area contributed by atoms with Crippen LogP contribution >= 0.6 is 12.4 Å². The molecule has 2 aromatic carbocycles. The quantitative estimate of drug-likeness (QED) is 0.855. The molecule has 2 heterocycles. The Balaban J connectivity index is 0.00000225. The van der Waals surface area contributed by atoms with Crippen molar-refractivity contribution in [1.82, 2.24) is 4.90 Å². The number of para-hydroxylation sites is 2. The summed E-state index contributed by atoms with van der Waals surface area (Å²) >= 11 is 0. The molecule has 28 heavy (non-hydrogen) atoms. The smallest absolute Gasteiger partial charge is 0.268 e. The number of carbonyl (C=O) groups is 2. The molecule has 0 spiro atoms. The molecule has 0 aromatic heterocycles. The fraction of sp³-hybridized carbons (Fsp3) is 0.333. The summed E-state index contributed by atoms with van der Waals surface area (Å²) in [5.41, 5.74) is 8.08. The first-order valence-corrected chi connectivity index (χ1v) is 9.20. The number of likely N-dealkylation sites (tertiary alicyclic amines) is 1. The first kappa shape index (κ1) is 20.2. The second-order valence-corrected chi connectivity index (χ2v) is 7.13. The molecule has 0 bridgehead atoms. The minimum absolute atomic E-state index is 0. The summed E-state index contributed by atoms with van der Waals surface area (Å²) < 4.78 is 5.64. The van der Waals surface area contributed by atoms with Crippen LogP contribution in [0.1, 0.15) is 18.4 Å². The first-order chi connectivity index (χ1) is 13.0. The Bertz CT molecular complexity index is 861. The molecule has 0 radical (unpaired) electrons. The minimum Gasteiger partial charge on any atom is -0.479 e. The monoisotopic (exact) mass is 401 g/mol. The molecule has 0 saturated carbocycles. The van der Waals surface area contributed by atoms with Gasteiger partial charge in [0.2, 0.25) is 5.91 Å². The molecule has 1 saturated heterocycles. The predicted octanol–water partition coefficient (Wildman–Crippen LogP) is 2.18. The van der Waals surface area contributed by atoms with Crippen molar-refractivity contribution in [2.24, 2.45) is 5.73 Å². The van der Waals surface area contributed by atoms with Gasteiger partial charge < -0.3 is 15.4 Å². The van der Waals surface area contributed by atoms with Crippen LogP contribution in [0.4, 0.5) is 5.69 Å². The third-order valence-electron chi connectivity index (χ3n) is 5.31. The van der Waals surface area contributed by atoms with Gasteiger partial charge >= 0.3 is 0 Å². The van der Waals surface area contributed by atoms with Crippen molar-refractivity contribution < 1.29 is 14.3 Å². The molecule has 2 aromatic rings. The van der Waals surface area contributed by atoms with Crippen molar-refractivity contribution in [2.45, 2.75) is 25.0 Å². The van der Waals surface area contributed by atoms with Crippen LogP contribution in [-0.2, 0) is 9.59 Å². The number of fused-ring (bicyclic) bond motifs is 1. The number of hydrogen-bond donors (Lipinski definition) is 1. The van der Waals surface area contributed by atoms with Gasteiger partial charge in [0.05, 0.1) is 5.69 Å². The average molecular weight is 402 g/mol. The normalized spacial score (nSPS) is 23.6. The maximum atomic E-state index is 12.9. The third-order valence-corrected chi connectivity index (χ3v) is 5.31. The maximum Gasteiger partial charge on any atom is 0.268 e. The number of hydrogen-bond acceptors (Lipinski definition) is 4. The Morgan fingerprint density at radius 3 is 2.54 bits per heavy atom. The lowest BCUT2D eigenvalue weighted by atomic mass is 9.95. The van der Waals surface area contributed by atoms with Gasteiger partial charge in [-0.2, -0.15) is 0 Å². The van der Waals surface area contributed by atoms with E-state index in [1.165, 1.54) is 4.90 Å². The van der Waals surface area contributed by atoms with Crippen molar-refractivity contribution >= 4 is 29.9 Å². The number of nitrogens with two attached hydrogens (primary N) is 1. The Hall–Kier alpha value is -2.57. The molecule has 148 valence electrons. The van der Waals surface area contributed by atoms with Gasteiger partial charge in [-0.15, -0.1) is 12.4 Å². The van der Waals surface area contributed by atoms with E-state index in [-0.39, 0.29) is 42.7 Å². The zero-order valence-electron chi connectivity index (χ0n) is 15.7. The van der Waals surface area contributed by atoms with Gasteiger partial charge in [0.25, 0.3) is 5.91 Å². The van der Waals surface area contributed by atoms with Gasteiger partial charge in [-0.1, -0.05) is 42.5 Å². The molecule has 2 aliphatic rings. The van der Waals surface area contributed by atoms with Crippen LogP contribution in [0.2, 0.25) is 0 Å². The highest BCUT2D eigenvalue weighted by molar-refractivity contribution is 6.03. The Morgan fingerprint density at radius 2 is 1.79 bits per heavy atom. The molecule has 6 nitrogen and oxygen atoms in total. The van der Waals surface area contributed by atoms with Crippen molar-refractivity contribution in [1.29, 1.82) is 0 Å². The molecule has 1 unspecified atom stereocenters. The second kappa shape index (κ2) is 8.20. The van der Waals surface area contributed by atoms with Gasteiger partial charge in [0.1, 0.15) is 12.3 Å². The number of halogens is 1. The molecule has 7 heteroatoms. The van der Waals surface area contributed by atoms with Gasteiger partial charge in [0.15, 0.2) is 6.10 Å². The summed E-state index contributed by atoms with van der Waals surface area (Å²) in [5.74, 6) is 0.436. The number of ether oxygens (including phenoxy) is 1. The van der Waals surface area contributed by atoms with Crippen LogP contribution in [0.25, 0.3) is 0 Å². The fourth-order valence-electron chi connectivity index (χ4n) is 3.84. The number of rotatable bonds is 3. The van der Waals surface area contributed by atoms with Crippen molar-refractivity contribution in [2.75, 3.05) is 24.5 Å². The van der Waals surface area contributed by atoms with E-state index in [1.807, 2.05) is 48.5 Å². The van der Waals surface area contributed by atoms with Crippen LogP contribution < -0.4 is 15.4 Å². The van der Waals surface area contributed by atoms with E-state index in [4.69, 9.17) is 10.5 Å². The number of anilines is 1. The molecule has 3 atom stereocenters. The molecule has 4 rings (SSSR count). The van der Waals surface area contributed by atoms with E-state index in [0.29, 0.717) is 24.5 Å². The van der Waals surface area contributed by atoms with E-state index in [1.54, 1.807) is 17.9 Å². The van der Waals surface area contributed by atoms with E-state index >= 15 is 0 Å². The molecular formula is C21H24ClN3O3. The molecule has 2 amide bonds. The predicted molar refractivity (Wildman–Crippen MR) is 110 cm³/mol. The van der Waals surface area contributed by atoms with Crippen LogP contribution in [0, 0.1) is 0 Å². The van der Waals surface area contributed by atoms with Crippen LogP contribution in [0.15, 0.2) is 54.6 Å². The standard InChI is InChI=1S/C21H23N3O3.ClH/c1-14-21(26)24(18-9-5-6-10-19(18)27-14)13-20(25)23-11-16(17(22)12-23)15-7-3-2-4-8-15;/h2-10,14,16-17H,11-13,22H2,1H3;1H/t14?,16-,17+;/m0./s1. The lowest BCUT2D eigenvalue weighted by Crippen LogP contribution is -2.49. The fourth-order valence-corrected chi connectivity index (χ4v) is 3.84. The minimum atomic E-state index is -0.606. The summed E-state index contributed by atoms with van der Waals surface area (Å²) in [5, 5.41) is 0. The average Bonchev–Trinajstić information content (AvgIpc) is 3.08. The lowest BCUT2D eigenvalue weighted by Gasteiger charge is -2.33. The van der Waals surface area contributed by atoms with Crippen molar-refractivity contribution in [3.8, 4) is 5.75 Å². The van der Waals surface area contributed by atoms with Crippen LogP contribution in [-0.4, -0.2) is 48.5 Å². The van der Waals surface area contributed by atoms with Crippen molar-refractivity contribution in [3.63, 3.8) is 0 Å². The molecule has 0 aliphatic carbocycles. The van der Waals surface area contributed by atoms with Gasteiger partial charge in [-0.05, 0) is 24.6 Å². The summed E-state index contributed by atoms with van der Waals surface area (Å²) in [7, 11) is 0. The number of nitrogens with zero attached hydrogens (tertiary/aromatic N) is 2. The Labute approximate surface area is 170 Å². The molecular weight excluding hydrogens is 378 g/mol. The van der Waals surface area contributed by atoms with Gasteiger partial charge in [-0.25, -0.2) is 0 Å². The van der Waals surface area contributed by atoms with E-state index in [2.05, 4.69) is 0 Å². The largest absolute Gasteiger partial charge is 0.479 e. The molecule has 2 aliphatic heterocycles. The zero-order valence-corrected chi connectivity index (χ0v) is 16.5. The summed E-state index contributed by atoms with van der Waals surface area (Å²) in [6.45, 7) is 2.76. The van der Waals surface area contributed by atoms with Crippen molar-refractivity contribution in [3.05, 3.63) is 60.2 Å². The van der Waals surface area contributed by atoms with Gasteiger partial charge in [-0.3, -0.25) is 14.5 Å². The van der Waals surface area contributed by atoms with E-state index in [9.17, 15) is 9.59 Å².